The fraction of sp³-hybridized carbons (Fsp3) is 0.250. The summed E-state index contributed by atoms with van der Waals surface area (Å²) in [5, 5.41) is 7.10. The van der Waals surface area contributed by atoms with Gasteiger partial charge in [0.1, 0.15) is 5.75 Å². The number of halogens is 3. The molecular formula is C24H29Cl3N4O4. The van der Waals surface area contributed by atoms with E-state index in [0.29, 0.717) is 16.7 Å². The Bertz CT molecular complexity index is 1200. The highest BCUT2D eigenvalue weighted by Crippen LogP contribution is 2.31. The van der Waals surface area contributed by atoms with Gasteiger partial charge in [-0.25, -0.2) is 0 Å². The zero-order valence-electron chi connectivity index (χ0n) is 19.1. The first-order valence-electron chi connectivity index (χ1n) is 10.3. The molecule has 0 bridgehead atoms. The Labute approximate surface area is 221 Å². The molecule has 0 saturated carbocycles. The zero-order valence-corrected chi connectivity index (χ0v) is 21.5. The van der Waals surface area contributed by atoms with E-state index in [-0.39, 0.29) is 42.4 Å². The van der Waals surface area contributed by atoms with E-state index < -0.39 is 0 Å². The first-order chi connectivity index (χ1) is 15.2. The SMILES string of the molecule is CN1CCN(c2cccc3ccc(OCc4noc(-c5ccc(Cl)cc5)n4)cc23)CC1.Cl.Cl.O.O. The molecule has 4 aromatic rings. The molecule has 1 aliphatic rings. The second-order valence-electron chi connectivity index (χ2n) is 7.76. The third-order valence-corrected chi connectivity index (χ3v) is 5.85. The van der Waals surface area contributed by atoms with Crippen LogP contribution in [0.3, 0.4) is 0 Å². The molecule has 5 rings (SSSR count). The summed E-state index contributed by atoms with van der Waals surface area (Å²) in [4.78, 5) is 9.24. The number of anilines is 1. The molecule has 4 N–H and O–H groups in total. The van der Waals surface area contributed by atoms with Crippen LogP contribution in [0.25, 0.3) is 22.2 Å². The average Bonchev–Trinajstić information content (AvgIpc) is 3.27. The Morgan fingerprint density at radius 1 is 0.943 bits per heavy atom. The van der Waals surface area contributed by atoms with E-state index in [1.165, 1.54) is 16.5 Å². The first-order valence-corrected chi connectivity index (χ1v) is 10.7. The molecule has 8 nitrogen and oxygen atoms in total. The fourth-order valence-electron chi connectivity index (χ4n) is 3.82. The van der Waals surface area contributed by atoms with Gasteiger partial charge < -0.3 is 30.0 Å². The second kappa shape index (κ2) is 13.5. The summed E-state index contributed by atoms with van der Waals surface area (Å²) in [7, 11) is 2.17. The number of piperazine rings is 1. The highest BCUT2D eigenvalue weighted by molar-refractivity contribution is 6.30. The quantitative estimate of drug-likeness (QED) is 0.374. The smallest absolute Gasteiger partial charge is 0.258 e. The Hall–Kier alpha value is -2.59. The van der Waals surface area contributed by atoms with Gasteiger partial charge in [0.15, 0.2) is 6.61 Å². The number of likely N-dealkylation sites (N-methyl/N-ethyl adjacent to an activating group) is 1. The molecule has 0 aliphatic carbocycles. The maximum atomic E-state index is 6.00. The van der Waals surface area contributed by atoms with Crippen molar-refractivity contribution >= 4 is 52.9 Å². The highest BCUT2D eigenvalue weighted by atomic mass is 35.5. The lowest BCUT2D eigenvalue weighted by molar-refractivity contribution is 0.287. The van der Waals surface area contributed by atoms with Crippen molar-refractivity contribution < 1.29 is 20.2 Å². The molecule has 2 heterocycles. The molecule has 1 fully saturated rings. The van der Waals surface area contributed by atoms with Crippen LogP contribution in [0.15, 0.2) is 65.2 Å². The number of nitrogens with zero attached hydrogens (tertiary/aromatic N) is 4. The molecule has 0 unspecified atom stereocenters. The van der Waals surface area contributed by atoms with Crippen molar-refractivity contribution in [3.8, 4) is 17.2 Å². The van der Waals surface area contributed by atoms with Crippen LogP contribution in [0.5, 0.6) is 5.75 Å². The Morgan fingerprint density at radius 2 is 1.66 bits per heavy atom. The number of benzene rings is 3. The maximum absolute atomic E-state index is 6.00. The monoisotopic (exact) mass is 542 g/mol. The van der Waals surface area contributed by atoms with Crippen molar-refractivity contribution in [2.45, 2.75) is 6.61 Å². The van der Waals surface area contributed by atoms with Crippen LogP contribution in [0.2, 0.25) is 5.02 Å². The number of hydrogen-bond acceptors (Lipinski definition) is 6. The van der Waals surface area contributed by atoms with Crippen LogP contribution in [0.4, 0.5) is 5.69 Å². The Balaban J connectivity index is 0.00000153. The topological polar surface area (TPSA) is 118 Å². The van der Waals surface area contributed by atoms with Crippen LogP contribution in [-0.4, -0.2) is 59.2 Å². The summed E-state index contributed by atoms with van der Waals surface area (Å²) in [5.74, 6) is 1.73. The molecule has 11 heteroatoms. The van der Waals surface area contributed by atoms with Gasteiger partial charge in [0.2, 0.25) is 5.82 Å². The van der Waals surface area contributed by atoms with E-state index in [9.17, 15) is 0 Å². The maximum Gasteiger partial charge on any atom is 0.258 e. The van der Waals surface area contributed by atoms with Crippen molar-refractivity contribution in [3.63, 3.8) is 0 Å². The highest BCUT2D eigenvalue weighted by Gasteiger charge is 2.16. The molecule has 1 aromatic heterocycles. The lowest BCUT2D eigenvalue weighted by Gasteiger charge is -2.34. The van der Waals surface area contributed by atoms with E-state index in [2.05, 4.69) is 57.3 Å². The second-order valence-corrected chi connectivity index (χ2v) is 8.20. The van der Waals surface area contributed by atoms with Crippen LogP contribution in [0, 0.1) is 0 Å². The van der Waals surface area contributed by atoms with Crippen molar-refractivity contribution in [3.05, 3.63) is 71.5 Å². The van der Waals surface area contributed by atoms with Gasteiger partial charge in [-0.05, 0) is 54.9 Å². The van der Waals surface area contributed by atoms with E-state index in [0.717, 1.165) is 37.5 Å². The Morgan fingerprint density at radius 3 is 2.37 bits per heavy atom. The third-order valence-electron chi connectivity index (χ3n) is 5.60. The summed E-state index contributed by atoms with van der Waals surface area (Å²) in [5.41, 5.74) is 2.08. The fourth-order valence-corrected chi connectivity index (χ4v) is 3.94. The van der Waals surface area contributed by atoms with Gasteiger partial charge >= 0.3 is 0 Å². The normalized spacial score (nSPS) is 13.1. The summed E-state index contributed by atoms with van der Waals surface area (Å²) >= 11 is 5.94. The molecule has 0 spiro atoms. The standard InChI is InChI=1S/C24H23ClN4O2.2ClH.2H2O/c1-28-11-13-29(14-12-28)22-4-2-3-17-7-10-20(15-21(17)22)30-16-23-26-24(31-27-23)18-5-8-19(25)9-6-18;;;;/h2-10,15H,11-14,16H2,1H3;2*1H;2*1H2. The van der Waals surface area contributed by atoms with Gasteiger partial charge in [-0.1, -0.05) is 35.0 Å². The molecule has 1 aliphatic heterocycles. The molecule has 35 heavy (non-hydrogen) atoms. The van der Waals surface area contributed by atoms with Gasteiger partial charge in [-0.15, -0.1) is 24.8 Å². The van der Waals surface area contributed by atoms with Crippen molar-refractivity contribution in [1.29, 1.82) is 0 Å². The van der Waals surface area contributed by atoms with Gasteiger partial charge in [-0.2, -0.15) is 4.98 Å². The van der Waals surface area contributed by atoms with Gasteiger partial charge in [0, 0.05) is 47.8 Å². The van der Waals surface area contributed by atoms with Gasteiger partial charge in [-0.3, -0.25) is 0 Å². The minimum absolute atomic E-state index is 0. The van der Waals surface area contributed by atoms with Crippen LogP contribution in [0.1, 0.15) is 5.82 Å². The van der Waals surface area contributed by atoms with E-state index in [1.807, 2.05) is 18.2 Å². The van der Waals surface area contributed by atoms with E-state index in [4.69, 9.17) is 20.9 Å². The number of fused-ring (bicyclic) bond motifs is 1. The van der Waals surface area contributed by atoms with Crippen LogP contribution in [-0.2, 0) is 6.61 Å². The number of hydrogen-bond donors (Lipinski definition) is 0. The first kappa shape index (κ1) is 30.4. The van der Waals surface area contributed by atoms with E-state index >= 15 is 0 Å². The molecule has 1 saturated heterocycles. The average molecular weight is 544 g/mol. The number of rotatable bonds is 5. The van der Waals surface area contributed by atoms with Gasteiger partial charge in [0.25, 0.3) is 5.89 Å². The summed E-state index contributed by atoms with van der Waals surface area (Å²) in [6.07, 6.45) is 0. The molecule has 3 aromatic carbocycles. The summed E-state index contributed by atoms with van der Waals surface area (Å²) < 4.78 is 11.4. The molecular weight excluding hydrogens is 515 g/mol. The predicted octanol–water partition coefficient (Wildman–Crippen LogP) is 4.07. The minimum atomic E-state index is 0. The molecule has 0 amide bonds. The Kier molecular flexibility index (Phi) is 11.7. The predicted molar refractivity (Wildman–Crippen MR) is 144 cm³/mol. The summed E-state index contributed by atoms with van der Waals surface area (Å²) in [6, 6.07) is 19.9. The zero-order chi connectivity index (χ0) is 21.2. The number of aromatic nitrogens is 2. The lowest BCUT2D eigenvalue weighted by atomic mass is 10.1. The molecule has 0 radical (unpaired) electrons. The molecule has 0 atom stereocenters. The largest absolute Gasteiger partial charge is 0.485 e. The van der Waals surface area contributed by atoms with Crippen LogP contribution < -0.4 is 9.64 Å². The van der Waals surface area contributed by atoms with E-state index in [1.54, 1.807) is 12.1 Å². The minimum Gasteiger partial charge on any atom is -0.485 e. The number of ether oxygens (including phenoxy) is 1. The summed E-state index contributed by atoms with van der Waals surface area (Å²) in [6.45, 7) is 4.42. The van der Waals surface area contributed by atoms with Crippen molar-refractivity contribution in [2.75, 3.05) is 38.1 Å². The third kappa shape index (κ3) is 6.98. The van der Waals surface area contributed by atoms with Crippen LogP contribution >= 0.6 is 36.4 Å². The lowest BCUT2D eigenvalue weighted by Crippen LogP contribution is -2.44. The molecule has 190 valence electrons. The van der Waals surface area contributed by atoms with Gasteiger partial charge in [0.05, 0.1) is 0 Å². The van der Waals surface area contributed by atoms with Crippen molar-refractivity contribution in [1.82, 2.24) is 15.0 Å². The van der Waals surface area contributed by atoms with Crippen molar-refractivity contribution in [2.24, 2.45) is 0 Å².